The third kappa shape index (κ3) is 7.57. The lowest BCUT2D eigenvalue weighted by atomic mass is 10.1. The molecule has 1 aromatic rings. The maximum atomic E-state index is 6.15. The molecule has 1 atom stereocenters. The number of nitrogens with zero attached hydrogens (tertiary/aromatic N) is 2. The second-order valence-electron chi connectivity index (χ2n) is 7.98. The van der Waals surface area contributed by atoms with Crippen LogP contribution in [0.2, 0.25) is 0 Å². The molecule has 2 aliphatic rings. The molecule has 2 aliphatic heterocycles. The molecule has 0 spiro atoms. The first kappa shape index (κ1) is 25.2. The van der Waals surface area contributed by atoms with E-state index >= 15 is 0 Å². The molecule has 0 saturated carbocycles. The van der Waals surface area contributed by atoms with E-state index in [2.05, 4.69) is 42.3 Å². The lowest BCUT2D eigenvalue weighted by molar-refractivity contribution is -0.0721. The first-order valence-electron chi connectivity index (χ1n) is 11.1. The number of likely N-dealkylation sites (tertiary alicyclic amines) is 1. The van der Waals surface area contributed by atoms with Gasteiger partial charge in [0.15, 0.2) is 5.96 Å². The first-order valence-corrected chi connectivity index (χ1v) is 11.1. The number of benzene rings is 1. The zero-order chi connectivity index (χ0) is 20.5. The summed E-state index contributed by atoms with van der Waals surface area (Å²) in [7, 11) is 1.71. The molecule has 1 aromatic carbocycles. The molecule has 3 rings (SSSR count). The van der Waals surface area contributed by atoms with Crippen LogP contribution in [0.25, 0.3) is 0 Å². The van der Waals surface area contributed by atoms with Crippen LogP contribution in [0.4, 0.5) is 0 Å². The minimum absolute atomic E-state index is 0. The number of halogens is 1. The Kier molecular flexibility index (Phi) is 11.2. The molecule has 2 fully saturated rings. The van der Waals surface area contributed by atoms with E-state index in [1.54, 1.807) is 7.11 Å². The summed E-state index contributed by atoms with van der Waals surface area (Å²) in [6, 6.07) is 6.30. The number of aryl methyl sites for hydroxylation is 1. The second kappa shape index (κ2) is 13.4. The highest BCUT2D eigenvalue weighted by Crippen LogP contribution is 2.20. The van der Waals surface area contributed by atoms with Crippen LogP contribution < -0.4 is 10.1 Å². The minimum Gasteiger partial charge on any atom is -0.496 e. The molecule has 0 radical (unpaired) electrons. The molecule has 30 heavy (non-hydrogen) atoms. The van der Waals surface area contributed by atoms with Crippen LogP contribution in [0.15, 0.2) is 23.2 Å². The lowest BCUT2D eigenvalue weighted by Gasteiger charge is -2.35. The van der Waals surface area contributed by atoms with Gasteiger partial charge in [-0.2, -0.15) is 0 Å². The van der Waals surface area contributed by atoms with Crippen molar-refractivity contribution < 1.29 is 14.2 Å². The predicted octanol–water partition coefficient (Wildman–Crippen LogP) is 4.14. The van der Waals surface area contributed by atoms with Gasteiger partial charge in [0.1, 0.15) is 5.75 Å². The Balaban J connectivity index is 0.00000320. The van der Waals surface area contributed by atoms with Crippen LogP contribution in [-0.4, -0.2) is 63.0 Å². The molecule has 0 bridgehead atoms. The van der Waals surface area contributed by atoms with Gasteiger partial charge in [-0.3, -0.25) is 0 Å². The number of methoxy groups -OCH3 is 1. The predicted molar refractivity (Wildman–Crippen MR) is 132 cm³/mol. The van der Waals surface area contributed by atoms with E-state index in [9.17, 15) is 0 Å². The van der Waals surface area contributed by atoms with E-state index in [4.69, 9.17) is 19.2 Å². The zero-order valence-electron chi connectivity index (χ0n) is 18.7. The van der Waals surface area contributed by atoms with Crippen molar-refractivity contribution >= 4 is 29.9 Å². The van der Waals surface area contributed by atoms with Gasteiger partial charge < -0.3 is 24.4 Å². The Bertz CT molecular complexity index is 657. The van der Waals surface area contributed by atoms with Crippen molar-refractivity contribution in [3.8, 4) is 5.75 Å². The fraction of sp³-hybridized carbons (Fsp3) is 0.696. The number of guanidine groups is 1. The van der Waals surface area contributed by atoms with Crippen LogP contribution >= 0.6 is 24.0 Å². The van der Waals surface area contributed by atoms with Gasteiger partial charge in [0.25, 0.3) is 0 Å². The average Bonchev–Trinajstić information content (AvgIpc) is 2.77. The second-order valence-corrected chi connectivity index (χ2v) is 7.98. The normalized spacial score (nSPS) is 20.6. The molecule has 7 heteroatoms. The van der Waals surface area contributed by atoms with Crippen LogP contribution in [0.5, 0.6) is 5.75 Å². The van der Waals surface area contributed by atoms with Crippen molar-refractivity contribution in [2.75, 3.05) is 40.0 Å². The number of hydrogen-bond acceptors (Lipinski definition) is 4. The molecule has 170 valence electrons. The largest absolute Gasteiger partial charge is 0.496 e. The van der Waals surface area contributed by atoms with Gasteiger partial charge >= 0.3 is 0 Å². The Morgan fingerprint density at radius 2 is 2.03 bits per heavy atom. The molecule has 2 saturated heterocycles. The summed E-state index contributed by atoms with van der Waals surface area (Å²) < 4.78 is 17.4. The SMILES string of the molecule is CCNC(=NCc1ccc(C)c(OC)c1)N1CCC(OCC2CCCCO2)CC1.I. The molecule has 1 unspecified atom stereocenters. The number of nitrogens with one attached hydrogen (secondary N) is 1. The number of piperidine rings is 1. The Morgan fingerprint density at radius 3 is 2.70 bits per heavy atom. The smallest absolute Gasteiger partial charge is 0.194 e. The van der Waals surface area contributed by atoms with Gasteiger partial charge in [0.05, 0.1) is 32.5 Å². The summed E-state index contributed by atoms with van der Waals surface area (Å²) in [5.41, 5.74) is 2.31. The molecule has 2 heterocycles. The highest BCUT2D eigenvalue weighted by atomic mass is 127. The van der Waals surface area contributed by atoms with Crippen LogP contribution in [-0.2, 0) is 16.0 Å². The van der Waals surface area contributed by atoms with Crippen LogP contribution in [0.3, 0.4) is 0 Å². The maximum absolute atomic E-state index is 6.15. The third-order valence-electron chi connectivity index (χ3n) is 5.75. The number of rotatable bonds is 7. The van der Waals surface area contributed by atoms with Gasteiger partial charge in [0.2, 0.25) is 0 Å². The molecule has 1 N–H and O–H groups in total. The molecular formula is C23H38IN3O3. The summed E-state index contributed by atoms with van der Waals surface area (Å²) in [6.07, 6.45) is 6.30. The van der Waals surface area contributed by atoms with Crippen molar-refractivity contribution in [1.82, 2.24) is 10.2 Å². The van der Waals surface area contributed by atoms with Crippen molar-refractivity contribution in [3.05, 3.63) is 29.3 Å². The van der Waals surface area contributed by atoms with E-state index in [0.717, 1.165) is 74.9 Å². The summed E-state index contributed by atoms with van der Waals surface area (Å²) in [5, 5.41) is 3.44. The molecule has 6 nitrogen and oxygen atoms in total. The molecule has 0 aromatic heterocycles. The van der Waals surface area contributed by atoms with E-state index in [0.29, 0.717) is 18.8 Å². The topological polar surface area (TPSA) is 55.3 Å². The molecule has 0 aliphatic carbocycles. The van der Waals surface area contributed by atoms with E-state index < -0.39 is 0 Å². The van der Waals surface area contributed by atoms with Gasteiger partial charge in [-0.25, -0.2) is 4.99 Å². The number of ether oxygens (including phenoxy) is 3. The van der Waals surface area contributed by atoms with Crippen molar-refractivity contribution in [1.29, 1.82) is 0 Å². The average molecular weight is 531 g/mol. The molecular weight excluding hydrogens is 493 g/mol. The fourth-order valence-electron chi connectivity index (χ4n) is 3.97. The third-order valence-corrected chi connectivity index (χ3v) is 5.75. The standard InChI is InChI=1S/C23H37N3O3.HI/c1-4-24-23(25-16-19-9-8-18(2)22(15-19)27-3)26-12-10-20(11-13-26)29-17-21-7-5-6-14-28-21;/h8-9,15,20-21H,4-7,10-14,16-17H2,1-3H3,(H,24,25);1H. The fourth-order valence-corrected chi connectivity index (χ4v) is 3.97. The summed E-state index contributed by atoms with van der Waals surface area (Å²) in [5.74, 6) is 1.91. The monoisotopic (exact) mass is 531 g/mol. The van der Waals surface area contributed by atoms with Gasteiger partial charge in [-0.1, -0.05) is 12.1 Å². The van der Waals surface area contributed by atoms with Crippen molar-refractivity contribution in [3.63, 3.8) is 0 Å². The van der Waals surface area contributed by atoms with E-state index in [-0.39, 0.29) is 24.0 Å². The van der Waals surface area contributed by atoms with E-state index in [1.807, 2.05) is 0 Å². The van der Waals surface area contributed by atoms with Gasteiger partial charge in [-0.05, 0) is 63.1 Å². The van der Waals surface area contributed by atoms with Gasteiger partial charge in [-0.15, -0.1) is 24.0 Å². The maximum Gasteiger partial charge on any atom is 0.194 e. The molecule has 0 amide bonds. The van der Waals surface area contributed by atoms with E-state index in [1.165, 1.54) is 12.8 Å². The van der Waals surface area contributed by atoms with Crippen LogP contribution in [0, 0.1) is 6.92 Å². The number of hydrogen-bond donors (Lipinski definition) is 1. The summed E-state index contributed by atoms with van der Waals surface area (Å²) in [6.45, 7) is 9.27. The van der Waals surface area contributed by atoms with Gasteiger partial charge in [0, 0.05) is 26.2 Å². The van der Waals surface area contributed by atoms with Crippen molar-refractivity contribution in [2.45, 2.75) is 64.7 Å². The zero-order valence-corrected chi connectivity index (χ0v) is 21.0. The first-order chi connectivity index (χ1) is 14.2. The lowest BCUT2D eigenvalue weighted by Crippen LogP contribution is -2.47. The highest BCUT2D eigenvalue weighted by molar-refractivity contribution is 14.0. The Labute approximate surface area is 198 Å². The Morgan fingerprint density at radius 1 is 1.23 bits per heavy atom. The van der Waals surface area contributed by atoms with Crippen molar-refractivity contribution in [2.24, 2.45) is 4.99 Å². The Hall–Kier alpha value is -1.06. The van der Waals surface area contributed by atoms with Crippen LogP contribution in [0.1, 0.15) is 50.2 Å². The quantitative estimate of drug-likeness (QED) is 0.326. The summed E-state index contributed by atoms with van der Waals surface area (Å²) in [4.78, 5) is 7.23. The highest BCUT2D eigenvalue weighted by Gasteiger charge is 2.23. The number of aliphatic imine (C=N–C) groups is 1. The summed E-state index contributed by atoms with van der Waals surface area (Å²) >= 11 is 0. The minimum atomic E-state index is 0.